The van der Waals surface area contributed by atoms with Gasteiger partial charge in [0.1, 0.15) is 12.4 Å². The van der Waals surface area contributed by atoms with Crippen molar-refractivity contribution >= 4 is 17.6 Å². The molecule has 6 nitrogen and oxygen atoms in total. The number of anilines is 1. The second-order valence-corrected chi connectivity index (χ2v) is 7.03. The van der Waals surface area contributed by atoms with E-state index in [0.29, 0.717) is 12.0 Å². The molecule has 0 spiro atoms. The van der Waals surface area contributed by atoms with E-state index in [-0.39, 0.29) is 18.3 Å². The van der Waals surface area contributed by atoms with Crippen LogP contribution in [-0.4, -0.2) is 55.5 Å². The van der Waals surface area contributed by atoms with Crippen molar-refractivity contribution in [3.63, 3.8) is 0 Å². The van der Waals surface area contributed by atoms with E-state index in [1.165, 1.54) is 31.4 Å². The molecule has 0 radical (unpaired) electrons. The minimum atomic E-state index is -0.227. The molecule has 2 fully saturated rings. The molecule has 1 saturated heterocycles. The van der Waals surface area contributed by atoms with Crippen molar-refractivity contribution < 1.29 is 9.18 Å². The molecule has 1 aromatic rings. The van der Waals surface area contributed by atoms with E-state index in [0.717, 1.165) is 44.7 Å². The zero-order chi connectivity index (χ0) is 18.4. The molecule has 1 aliphatic heterocycles. The number of carbonyl (C=O) groups is 1. The number of piperazine rings is 1. The number of nitrogens with two attached hydrogens (primary N) is 1. The normalized spacial score (nSPS) is 19.5. The lowest BCUT2D eigenvalue weighted by Gasteiger charge is -2.36. The highest BCUT2D eigenvalue weighted by molar-refractivity contribution is 5.84. The van der Waals surface area contributed by atoms with Crippen LogP contribution in [0.4, 0.5) is 10.1 Å². The van der Waals surface area contributed by atoms with Crippen molar-refractivity contribution in [1.82, 2.24) is 10.2 Å². The summed E-state index contributed by atoms with van der Waals surface area (Å²) in [6, 6.07) is 6.83. The van der Waals surface area contributed by atoms with E-state index < -0.39 is 0 Å². The molecule has 7 heteroatoms. The van der Waals surface area contributed by atoms with Gasteiger partial charge in [0.25, 0.3) is 0 Å². The fourth-order valence-electron chi connectivity index (χ4n) is 3.62. The van der Waals surface area contributed by atoms with Crippen LogP contribution < -0.4 is 16.0 Å². The molecule has 0 atom stereocenters. The van der Waals surface area contributed by atoms with Crippen molar-refractivity contribution in [1.29, 1.82) is 0 Å². The van der Waals surface area contributed by atoms with Gasteiger partial charge in [0.2, 0.25) is 5.91 Å². The molecule has 0 unspecified atom stereocenters. The number of halogens is 1. The molecule has 2 aliphatic rings. The number of guanidine groups is 1. The average Bonchev–Trinajstić information content (AvgIpc) is 2.68. The quantitative estimate of drug-likeness (QED) is 0.632. The first-order valence-corrected chi connectivity index (χ1v) is 9.46. The Bertz CT molecular complexity index is 619. The molecule has 1 heterocycles. The van der Waals surface area contributed by atoms with Gasteiger partial charge in [-0.1, -0.05) is 19.3 Å². The molecular formula is C19H28FN5O. The lowest BCUT2D eigenvalue weighted by atomic mass is 9.95. The first kappa shape index (κ1) is 18.5. The first-order valence-electron chi connectivity index (χ1n) is 9.46. The van der Waals surface area contributed by atoms with Crippen LogP contribution in [0.3, 0.4) is 0 Å². The number of nitrogens with one attached hydrogen (secondary N) is 1. The molecule has 1 aliphatic carbocycles. The van der Waals surface area contributed by atoms with E-state index in [4.69, 9.17) is 5.73 Å². The molecule has 3 rings (SSSR count). The van der Waals surface area contributed by atoms with Crippen molar-refractivity contribution in [3.8, 4) is 0 Å². The Morgan fingerprint density at radius 1 is 1.12 bits per heavy atom. The van der Waals surface area contributed by atoms with Gasteiger partial charge in [-0.2, -0.15) is 0 Å². The zero-order valence-corrected chi connectivity index (χ0v) is 15.2. The zero-order valence-electron chi connectivity index (χ0n) is 15.2. The van der Waals surface area contributed by atoms with Crippen molar-refractivity contribution in [2.24, 2.45) is 10.7 Å². The number of aliphatic imine (C=N–C) groups is 1. The Morgan fingerprint density at radius 2 is 1.77 bits per heavy atom. The maximum Gasteiger partial charge on any atom is 0.242 e. The highest BCUT2D eigenvalue weighted by Gasteiger charge is 2.19. The largest absolute Gasteiger partial charge is 0.370 e. The maximum atomic E-state index is 13.0. The number of nitrogens with zero attached hydrogens (tertiary/aromatic N) is 3. The summed E-state index contributed by atoms with van der Waals surface area (Å²) in [6.45, 7) is 3.13. The minimum absolute atomic E-state index is 0.0511. The van der Waals surface area contributed by atoms with E-state index in [1.807, 2.05) is 4.90 Å². The summed E-state index contributed by atoms with van der Waals surface area (Å²) in [5, 5.41) is 3.05. The van der Waals surface area contributed by atoms with Gasteiger partial charge in [-0.3, -0.25) is 4.79 Å². The van der Waals surface area contributed by atoms with Gasteiger partial charge in [-0.05, 0) is 37.1 Å². The van der Waals surface area contributed by atoms with Gasteiger partial charge in [0, 0.05) is 37.9 Å². The molecule has 142 valence electrons. The Kier molecular flexibility index (Phi) is 6.30. The third-order valence-corrected chi connectivity index (χ3v) is 5.15. The van der Waals surface area contributed by atoms with Crippen LogP contribution in [0.25, 0.3) is 0 Å². The number of benzene rings is 1. The lowest BCUT2D eigenvalue weighted by molar-refractivity contribution is -0.120. The smallest absolute Gasteiger partial charge is 0.242 e. The van der Waals surface area contributed by atoms with Crippen LogP contribution in [0.5, 0.6) is 0 Å². The summed E-state index contributed by atoms with van der Waals surface area (Å²) >= 11 is 0. The molecule has 26 heavy (non-hydrogen) atoms. The van der Waals surface area contributed by atoms with E-state index in [2.05, 4.69) is 15.2 Å². The molecule has 1 saturated carbocycles. The number of hydrogen-bond donors (Lipinski definition) is 2. The van der Waals surface area contributed by atoms with Gasteiger partial charge in [-0.25, -0.2) is 9.38 Å². The van der Waals surface area contributed by atoms with Crippen LogP contribution in [0.1, 0.15) is 32.1 Å². The standard InChI is InChI=1S/C19H28FN5O/c20-15-6-8-17(9-7-15)24-10-12-25(13-11-24)19(21)22-14-18(26)23-16-4-2-1-3-5-16/h6-9,16H,1-5,10-14H2,(H2,21,22)(H,23,26). The first-order chi connectivity index (χ1) is 12.6. The third kappa shape index (κ3) is 5.09. The number of rotatable bonds is 4. The fourth-order valence-corrected chi connectivity index (χ4v) is 3.62. The minimum Gasteiger partial charge on any atom is -0.370 e. The summed E-state index contributed by atoms with van der Waals surface area (Å²) in [5.74, 6) is 0.141. The number of hydrogen-bond acceptors (Lipinski definition) is 3. The SMILES string of the molecule is NC(=NCC(=O)NC1CCCCC1)N1CCN(c2ccc(F)cc2)CC1. The Balaban J connectivity index is 1.43. The Hall–Kier alpha value is -2.31. The second-order valence-electron chi connectivity index (χ2n) is 7.03. The third-order valence-electron chi connectivity index (χ3n) is 5.15. The van der Waals surface area contributed by atoms with E-state index >= 15 is 0 Å². The Morgan fingerprint density at radius 3 is 2.42 bits per heavy atom. The number of carbonyl (C=O) groups excluding carboxylic acids is 1. The van der Waals surface area contributed by atoms with Crippen molar-refractivity contribution in [2.45, 2.75) is 38.1 Å². The number of amides is 1. The van der Waals surface area contributed by atoms with Crippen LogP contribution in [0.15, 0.2) is 29.3 Å². The van der Waals surface area contributed by atoms with Gasteiger partial charge in [0.05, 0.1) is 0 Å². The van der Waals surface area contributed by atoms with Crippen LogP contribution in [0.2, 0.25) is 0 Å². The maximum absolute atomic E-state index is 13.0. The van der Waals surface area contributed by atoms with Gasteiger partial charge >= 0.3 is 0 Å². The van der Waals surface area contributed by atoms with Crippen LogP contribution in [-0.2, 0) is 4.79 Å². The Labute approximate surface area is 154 Å². The fraction of sp³-hybridized carbons (Fsp3) is 0.579. The van der Waals surface area contributed by atoms with Crippen LogP contribution in [0, 0.1) is 5.82 Å². The topological polar surface area (TPSA) is 74.0 Å². The summed E-state index contributed by atoms with van der Waals surface area (Å²) in [7, 11) is 0. The summed E-state index contributed by atoms with van der Waals surface area (Å²) in [6.07, 6.45) is 5.78. The lowest BCUT2D eigenvalue weighted by Crippen LogP contribution is -2.51. The van der Waals surface area contributed by atoms with Gasteiger partial charge in [-0.15, -0.1) is 0 Å². The van der Waals surface area contributed by atoms with Crippen molar-refractivity contribution in [3.05, 3.63) is 30.1 Å². The predicted octanol–water partition coefficient (Wildman–Crippen LogP) is 1.71. The molecule has 0 aromatic heterocycles. The predicted molar refractivity (Wildman–Crippen MR) is 102 cm³/mol. The second kappa shape index (κ2) is 8.87. The highest BCUT2D eigenvalue weighted by Crippen LogP contribution is 2.18. The summed E-state index contributed by atoms with van der Waals surface area (Å²) in [5.41, 5.74) is 7.07. The summed E-state index contributed by atoms with van der Waals surface area (Å²) in [4.78, 5) is 20.5. The molecule has 0 bridgehead atoms. The van der Waals surface area contributed by atoms with Crippen molar-refractivity contribution in [2.75, 3.05) is 37.6 Å². The van der Waals surface area contributed by atoms with Gasteiger partial charge in [0.15, 0.2) is 5.96 Å². The molecule has 3 N–H and O–H groups in total. The van der Waals surface area contributed by atoms with Crippen LogP contribution >= 0.6 is 0 Å². The van der Waals surface area contributed by atoms with E-state index in [9.17, 15) is 9.18 Å². The average molecular weight is 361 g/mol. The molecule has 1 aromatic carbocycles. The monoisotopic (exact) mass is 361 g/mol. The van der Waals surface area contributed by atoms with Gasteiger partial charge < -0.3 is 20.9 Å². The summed E-state index contributed by atoms with van der Waals surface area (Å²) < 4.78 is 13.0. The van der Waals surface area contributed by atoms with E-state index in [1.54, 1.807) is 12.1 Å². The highest BCUT2D eigenvalue weighted by atomic mass is 19.1. The molecular weight excluding hydrogens is 333 g/mol. The molecule has 1 amide bonds.